The summed E-state index contributed by atoms with van der Waals surface area (Å²) in [5.74, 6) is 1.83. The molecule has 0 fully saturated rings. The van der Waals surface area contributed by atoms with Crippen molar-refractivity contribution in [2.24, 2.45) is 0 Å². The van der Waals surface area contributed by atoms with E-state index in [1.807, 2.05) is 6.07 Å². The predicted octanol–water partition coefficient (Wildman–Crippen LogP) is 2.69. The Kier molecular flexibility index (Phi) is 3.28. The van der Waals surface area contributed by atoms with Crippen LogP contribution in [0.25, 0.3) is 11.3 Å². The number of nitrogens with zero attached hydrogens (tertiary/aromatic N) is 2. The fraction of sp³-hybridized carbons (Fsp3) is 0.214. The molecule has 3 rings (SSSR count). The Morgan fingerprint density at radius 2 is 1.95 bits per heavy atom. The minimum Gasteiger partial charge on any atom is -0.486 e. The lowest BCUT2D eigenvalue weighted by Gasteiger charge is -2.19. The zero-order chi connectivity index (χ0) is 14.1. The molecule has 0 unspecified atom stereocenters. The van der Waals surface area contributed by atoms with Gasteiger partial charge in [0.15, 0.2) is 17.8 Å². The molecule has 1 aliphatic rings. The van der Waals surface area contributed by atoms with E-state index in [2.05, 4.69) is 9.97 Å². The van der Waals surface area contributed by atoms with Crippen molar-refractivity contribution in [3.05, 3.63) is 34.7 Å². The first-order chi connectivity index (χ1) is 9.69. The zero-order valence-electron chi connectivity index (χ0n) is 10.7. The minimum absolute atomic E-state index is 0.150. The van der Waals surface area contributed by atoms with E-state index in [9.17, 15) is 4.79 Å². The van der Waals surface area contributed by atoms with Crippen LogP contribution in [0, 0.1) is 6.92 Å². The van der Waals surface area contributed by atoms with Crippen LogP contribution in [0.2, 0.25) is 5.15 Å². The van der Waals surface area contributed by atoms with Gasteiger partial charge in [0, 0.05) is 5.56 Å². The number of carbonyl (C=O) groups is 1. The average Bonchev–Trinajstić information content (AvgIpc) is 2.46. The molecule has 0 atom stereocenters. The monoisotopic (exact) mass is 290 g/mol. The number of rotatable bonds is 2. The summed E-state index contributed by atoms with van der Waals surface area (Å²) in [5.41, 5.74) is 1.51. The Morgan fingerprint density at radius 1 is 1.20 bits per heavy atom. The van der Waals surface area contributed by atoms with E-state index < -0.39 is 0 Å². The fourth-order valence-corrected chi connectivity index (χ4v) is 2.32. The molecule has 0 radical (unpaired) electrons. The molecule has 0 bridgehead atoms. The van der Waals surface area contributed by atoms with Crippen molar-refractivity contribution < 1.29 is 14.3 Å². The third-order valence-corrected chi connectivity index (χ3v) is 3.23. The number of benzene rings is 1. The molecule has 1 aromatic heterocycles. The van der Waals surface area contributed by atoms with Crippen molar-refractivity contribution in [1.29, 1.82) is 0 Å². The summed E-state index contributed by atoms with van der Waals surface area (Å²) in [6.45, 7) is 2.76. The summed E-state index contributed by atoms with van der Waals surface area (Å²) < 4.78 is 11.0. The summed E-state index contributed by atoms with van der Waals surface area (Å²) >= 11 is 5.99. The molecule has 1 aromatic carbocycles. The van der Waals surface area contributed by atoms with Crippen molar-refractivity contribution >= 4 is 17.9 Å². The highest BCUT2D eigenvalue weighted by Gasteiger charge is 2.17. The maximum atomic E-state index is 11.2. The SMILES string of the molecule is Cc1nc(Cl)c(C=O)c(-c2ccc3c(c2)OCCO3)n1. The Labute approximate surface area is 120 Å². The quantitative estimate of drug-likeness (QED) is 0.628. The number of aromatic nitrogens is 2. The Hall–Kier alpha value is -2.14. The lowest BCUT2D eigenvalue weighted by atomic mass is 10.1. The molecular formula is C14H11ClN2O3. The molecule has 5 nitrogen and oxygen atoms in total. The van der Waals surface area contributed by atoms with Crippen LogP contribution in [0.4, 0.5) is 0 Å². The number of hydrogen-bond acceptors (Lipinski definition) is 5. The fourth-order valence-electron chi connectivity index (χ4n) is 2.06. The van der Waals surface area contributed by atoms with Crippen LogP contribution >= 0.6 is 11.6 Å². The van der Waals surface area contributed by atoms with Crippen LogP contribution in [0.1, 0.15) is 16.2 Å². The topological polar surface area (TPSA) is 61.3 Å². The first-order valence-electron chi connectivity index (χ1n) is 6.08. The van der Waals surface area contributed by atoms with E-state index in [0.29, 0.717) is 42.5 Å². The van der Waals surface area contributed by atoms with Crippen LogP contribution in [0.3, 0.4) is 0 Å². The van der Waals surface area contributed by atoms with Gasteiger partial charge in [-0.05, 0) is 25.1 Å². The highest BCUT2D eigenvalue weighted by atomic mass is 35.5. The van der Waals surface area contributed by atoms with E-state index in [1.165, 1.54) is 0 Å². The van der Waals surface area contributed by atoms with Gasteiger partial charge in [0.2, 0.25) is 0 Å². The lowest BCUT2D eigenvalue weighted by molar-refractivity contribution is 0.112. The van der Waals surface area contributed by atoms with Crippen LogP contribution in [0.15, 0.2) is 18.2 Å². The maximum absolute atomic E-state index is 11.2. The summed E-state index contributed by atoms with van der Waals surface area (Å²) in [6.07, 6.45) is 0.661. The molecule has 2 aromatic rings. The van der Waals surface area contributed by atoms with Gasteiger partial charge >= 0.3 is 0 Å². The molecule has 0 amide bonds. The van der Waals surface area contributed by atoms with E-state index in [-0.39, 0.29) is 10.7 Å². The van der Waals surface area contributed by atoms with Crippen LogP contribution in [0.5, 0.6) is 11.5 Å². The van der Waals surface area contributed by atoms with Crippen molar-refractivity contribution in [1.82, 2.24) is 9.97 Å². The van der Waals surface area contributed by atoms with Crippen molar-refractivity contribution in [2.75, 3.05) is 13.2 Å². The number of aryl methyl sites for hydroxylation is 1. The number of aldehydes is 1. The third kappa shape index (κ3) is 2.20. The number of fused-ring (bicyclic) bond motifs is 1. The second-order valence-corrected chi connectivity index (χ2v) is 4.66. The lowest BCUT2D eigenvalue weighted by Crippen LogP contribution is -2.15. The highest BCUT2D eigenvalue weighted by Crippen LogP contribution is 2.35. The Bertz CT molecular complexity index is 688. The first kappa shape index (κ1) is 12.9. The van der Waals surface area contributed by atoms with Crippen LogP contribution < -0.4 is 9.47 Å². The number of carbonyl (C=O) groups excluding carboxylic acids is 1. The van der Waals surface area contributed by atoms with E-state index in [0.717, 1.165) is 5.56 Å². The normalized spacial score (nSPS) is 13.1. The molecule has 0 saturated heterocycles. The molecule has 6 heteroatoms. The smallest absolute Gasteiger partial charge is 0.162 e. The Morgan fingerprint density at radius 3 is 2.70 bits per heavy atom. The molecule has 2 heterocycles. The van der Waals surface area contributed by atoms with Gasteiger partial charge in [-0.2, -0.15) is 0 Å². The molecular weight excluding hydrogens is 280 g/mol. The summed E-state index contributed by atoms with van der Waals surface area (Å²) in [4.78, 5) is 19.5. The summed E-state index contributed by atoms with van der Waals surface area (Å²) in [7, 11) is 0. The van der Waals surface area contributed by atoms with Crippen molar-refractivity contribution in [3.8, 4) is 22.8 Å². The average molecular weight is 291 g/mol. The Balaban J connectivity index is 2.15. The van der Waals surface area contributed by atoms with Gasteiger partial charge in [-0.25, -0.2) is 9.97 Å². The zero-order valence-corrected chi connectivity index (χ0v) is 11.5. The third-order valence-electron chi connectivity index (χ3n) is 2.94. The van der Waals surface area contributed by atoms with Gasteiger partial charge in [0.1, 0.15) is 24.2 Å². The predicted molar refractivity (Wildman–Crippen MR) is 73.6 cm³/mol. The van der Waals surface area contributed by atoms with Gasteiger partial charge in [0.25, 0.3) is 0 Å². The van der Waals surface area contributed by atoms with Gasteiger partial charge < -0.3 is 9.47 Å². The first-order valence-corrected chi connectivity index (χ1v) is 6.46. The summed E-state index contributed by atoms with van der Waals surface area (Å²) in [5, 5.41) is 0.150. The van der Waals surface area contributed by atoms with E-state index in [4.69, 9.17) is 21.1 Å². The van der Waals surface area contributed by atoms with Crippen LogP contribution in [-0.2, 0) is 0 Å². The van der Waals surface area contributed by atoms with Gasteiger partial charge in [-0.1, -0.05) is 11.6 Å². The molecule has 0 spiro atoms. The number of hydrogen-bond donors (Lipinski definition) is 0. The van der Waals surface area contributed by atoms with Crippen molar-refractivity contribution in [2.45, 2.75) is 6.92 Å². The molecule has 102 valence electrons. The molecule has 0 saturated carbocycles. The molecule has 1 aliphatic heterocycles. The minimum atomic E-state index is 0.150. The highest BCUT2D eigenvalue weighted by molar-refractivity contribution is 6.32. The second-order valence-electron chi connectivity index (χ2n) is 4.30. The molecule has 20 heavy (non-hydrogen) atoms. The van der Waals surface area contributed by atoms with E-state index >= 15 is 0 Å². The number of ether oxygens (including phenoxy) is 2. The van der Waals surface area contributed by atoms with Gasteiger partial charge in [0.05, 0.1) is 11.3 Å². The largest absolute Gasteiger partial charge is 0.486 e. The molecule has 0 N–H and O–H groups in total. The van der Waals surface area contributed by atoms with Gasteiger partial charge in [-0.15, -0.1) is 0 Å². The van der Waals surface area contributed by atoms with Crippen LogP contribution in [-0.4, -0.2) is 29.5 Å². The van der Waals surface area contributed by atoms with E-state index in [1.54, 1.807) is 19.1 Å². The molecule has 0 aliphatic carbocycles. The number of halogens is 1. The maximum Gasteiger partial charge on any atom is 0.162 e. The van der Waals surface area contributed by atoms with Gasteiger partial charge in [-0.3, -0.25) is 4.79 Å². The standard InChI is InChI=1S/C14H11ClN2O3/c1-8-16-13(10(7-18)14(15)17-8)9-2-3-11-12(6-9)20-5-4-19-11/h2-3,6-7H,4-5H2,1H3. The second kappa shape index (κ2) is 5.09. The summed E-state index contributed by atoms with van der Waals surface area (Å²) in [6, 6.07) is 5.40. The van der Waals surface area contributed by atoms with Crippen molar-refractivity contribution in [3.63, 3.8) is 0 Å².